The Hall–Kier alpha value is -0.0900. The van der Waals surface area contributed by atoms with E-state index in [1.165, 1.54) is 62.7 Å². The molecular weight excluding hydrogens is 346 g/mol. The number of halogens is 1. The smallest absolute Gasteiger partial charge is 0.229 e. The summed E-state index contributed by atoms with van der Waals surface area (Å²) in [6, 6.07) is 0. The Balaban J connectivity index is 2.82. The molecule has 1 atom stereocenters. The Morgan fingerprint density at radius 3 is 2.19 bits per heavy atom. The minimum Gasteiger partial charge on any atom is -0.480 e. The van der Waals surface area contributed by atoms with Crippen molar-refractivity contribution in [3.63, 3.8) is 0 Å². The van der Waals surface area contributed by atoms with E-state index in [2.05, 4.69) is 41.7 Å². The van der Waals surface area contributed by atoms with Crippen LogP contribution in [0.3, 0.4) is 0 Å². The molecule has 0 aliphatic rings. The second-order valence-electron chi connectivity index (χ2n) is 6.13. The largest absolute Gasteiger partial charge is 0.480 e. The monoisotopic (exact) mass is 375 g/mol. The highest BCUT2D eigenvalue weighted by Crippen LogP contribution is 2.44. The summed E-state index contributed by atoms with van der Waals surface area (Å²) in [7, 11) is 1.73. The average molecular weight is 376 g/mol. The van der Waals surface area contributed by atoms with E-state index in [9.17, 15) is 0 Å². The second-order valence-corrected chi connectivity index (χ2v) is 8.41. The Morgan fingerprint density at radius 1 is 1.05 bits per heavy atom. The third kappa shape index (κ3) is 5.90. The third-order valence-corrected chi connectivity index (χ3v) is 6.02. The standard InChI is InChI=1S/C17H30BrNOS/c1-5-7-9-11-13-17(3,12-10-8-6-2)14-15(20-4)19-16(18)21-14/h5-13H2,1-4H3. The lowest BCUT2D eigenvalue weighted by Gasteiger charge is -2.29. The normalized spacial score (nSPS) is 14.1. The number of ether oxygens (including phenoxy) is 1. The molecule has 0 amide bonds. The Bertz CT molecular complexity index is 407. The summed E-state index contributed by atoms with van der Waals surface area (Å²) >= 11 is 5.27. The number of hydrogen-bond acceptors (Lipinski definition) is 3. The highest BCUT2D eigenvalue weighted by atomic mass is 79.9. The van der Waals surface area contributed by atoms with Gasteiger partial charge in [0.15, 0.2) is 3.92 Å². The predicted molar refractivity (Wildman–Crippen MR) is 96.6 cm³/mol. The van der Waals surface area contributed by atoms with Gasteiger partial charge in [0.2, 0.25) is 5.88 Å². The SMILES string of the molecule is CCCCCCC(C)(CCCCC)c1sc(Br)nc1OC. The van der Waals surface area contributed by atoms with Crippen molar-refractivity contribution in [3.05, 3.63) is 8.79 Å². The molecule has 0 aromatic carbocycles. The average Bonchev–Trinajstić information content (AvgIpc) is 2.86. The number of methoxy groups -OCH3 is 1. The molecule has 4 heteroatoms. The number of hydrogen-bond donors (Lipinski definition) is 0. The van der Waals surface area contributed by atoms with Gasteiger partial charge in [-0.05, 0) is 28.8 Å². The van der Waals surface area contributed by atoms with Crippen molar-refractivity contribution in [2.75, 3.05) is 7.11 Å². The lowest BCUT2D eigenvalue weighted by atomic mass is 9.78. The van der Waals surface area contributed by atoms with Crippen LogP contribution in [0.1, 0.15) is 83.4 Å². The molecule has 1 unspecified atom stereocenters. The minimum absolute atomic E-state index is 0.206. The number of unbranched alkanes of at least 4 members (excludes halogenated alkanes) is 5. The number of rotatable bonds is 11. The van der Waals surface area contributed by atoms with Crippen LogP contribution >= 0.6 is 27.3 Å². The zero-order valence-corrected chi connectivity index (χ0v) is 16.4. The van der Waals surface area contributed by atoms with E-state index in [1.54, 1.807) is 18.4 Å². The Morgan fingerprint density at radius 2 is 1.62 bits per heavy atom. The molecule has 0 N–H and O–H groups in total. The highest BCUT2D eigenvalue weighted by Gasteiger charge is 2.32. The molecule has 2 nitrogen and oxygen atoms in total. The first kappa shape index (κ1) is 19.0. The van der Waals surface area contributed by atoms with Gasteiger partial charge in [-0.2, -0.15) is 4.98 Å². The van der Waals surface area contributed by atoms with Gasteiger partial charge in [0.25, 0.3) is 0 Å². The first-order valence-corrected chi connectivity index (χ1v) is 9.89. The first-order valence-electron chi connectivity index (χ1n) is 8.28. The molecule has 1 rings (SSSR count). The maximum atomic E-state index is 5.52. The summed E-state index contributed by atoms with van der Waals surface area (Å²) in [6.07, 6.45) is 11.6. The zero-order valence-electron chi connectivity index (χ0n) is 14.0. The van der Waals surface area contributed by atoms with Crippen molar-refractivity contribution in [3.8, 4) is 5.88 Å². The van der Waals surface area contributed by atoms with Gasteiger partial charge in [-0.3, -0.25) is 0 Å². The molecule has 0 radical (unpaired) electrons. The molecule has 21 heavy (non-hydrogen) atoms. The van der Waals surface area contributed by atoms with Crippen LogP contribution in [0.2, 0.25) is 0 Å². The van der Waals surface area contributed by atoms with E-state index in [-0.39, 0.29) is 5.41 Å². The van der Waals surface area contributed by atoms with E-state index in [1.807, 2.05) is 0 Å². The predicted octanol–water partition coefficient (Wildman–Crippen LogP) is 6.72. The van der Waals surface area contributed by atoms with Gasteiger partial charge in [0.05, 0.1) is 12.0 Å². The topological polar surface area (TPSA) is 22.1 Å². The van der Waals surface area contributed by atoms with E-state index in [0.717, 1.165) is 9.80 Å². The highest BCUT2D eigenvalue weighted by molar-refractivity contribution is 9.11. The molecule has 122 valence electrons. The van der Waals surface area contributed by atoms with Crippen LogP contribution in [0.15, 0.2) is 3.92 Å². The van der Waals surface area contributed by atoms with E-state index >= 15 is 0 Å². The lowest BCUT2D eigenvalue weighted by Crippen LogP contribution is -2.21. The fourth-order valence-corrected chi connectivity index (χ4v) is 4.47. The van der Waals surface area contributed by atoms with Crippen LogP contribution in [0.4, 0.5) is 0 Å². The maximum absolute atomic E-state index is 5.52. The van der Waals surface area contributed by atoms with Crippen LogP contribution in [0.5, 0.6) is 5.88 Å². The zero-order chi connectivity index (χ0) is 15.7. The molecule has 0 aliphatic carbocycles. The van der Waals surface area contributed by atoms with Gasteiger partial charge < -0.3 is 4.74 Å². The second kappa shape index (κ2) is 9.83. The fraction of sp³-hybridized carbons (Fsp3) is 0.824. The molecule has 0 bridgehead atoms. The van der Waals surface area contributed by atoms with Gasteiger partial charge in [-0.1, -0.05) is 65.7 Å². The molecule has 0 spiro atoms. The third-order valence-electron chi connectivity index (χ3n) is 4.23. The quantitative estimate of drug-likeness (QED) is 0.400. The number of thiazole rings is 1. The number of nitrogens with zero attached hydrogens (tertiary/aromatic N) is 1. The fourth-order valence-electron chi connectivity index (χ4n) is 2.86. The van der Waals surface area contributed by atoms with Crippen molar-refractivity contribution in [1.82, 2.24) is 4.98 Å². The van der Waals surface area contributed by atoms with Gasteiger partial charge in [-0.15, -0.1) is 11.3 Å². The van der Waals surface area contributed by atoms with Crippen molar-refractivity contribution in [2.45, 2.75) is 84.0 Å². The minimum atomic E-state index is 0.206. The van der Waals surface area contributed by atoms with E-state index < -0.39 is 0 Å². The molecule has 1 heterocycles. The molecule has 1 aromatic rings. The summed E-state index contributed by atoms with van der Waals surface area (Å²) in [5, 5.41) is 0. The first-order chi connectivity index (χ1) is 10.1. The van der Waals surface area contributed by atoms with E-state index in [0.29, 0.717) is 0 Å². The molecule has 1 aromatic heterocycles. The van der Waals surface area contributed by atoms with Crippen LogP contribution in [0, 0.1) is 0 Å². The number of aromatic nitrogens is 1. The van der Waals surface area contributed by atoms with Crippen LogP contribution in [-0.4, -0.2) is 12.1 Å². The summed E-state index contributed by atoms with van der Waals surface area (Å²) in [6.45, 7) is 6.93. The summed E-state index contributed by atoms with van der Waals surface area (Å²) < 4.78 is 6.45. The lowest BCUT2D eigenvalue weighted by molar-refractivity contribution is 0.340. The van der Waals surface area contributed by atoms with Crippen LogP contribution in [0.25, 0.3) is 0 Å². The van der Waals surface area contributed by atoms with Gasteiger partial charge in [0, 0.05) is 5.41 Å². The Labute approximate surface area is 142 Å². The summed E-state index contributed by atoms with van der Waals surface area (Å²) in [5.41, 5.74) is 0.206. The molecule has 0 saturated heterocycles. The molecule has 0 aliphatic heterocycles. The van der Waals surface area contributed by atoms with Gasteiger partial charge in [0.1, 0.15) is 0 Å². The van der Waals surface area contributed by atoms with Crippen molar-refractivity contribution >= 4 is 27.3 Å². The van der Waals surface area contributed by atoms with Crippen molar-refractivity contribution in [2.24, 2.45) is 0 Å². The van der Waals surface area contributed by atoms with Crippen LogP contribution < -0.4 is 4.74 Å². The molecule has 0 saturated carbocycles. The van der Waals surface area contributed by atoms with Gasteiger partial charge >= 0.3 is 0 Å². The van der Waals surface area contributed by atoms with Gasteiger partial charge in [-0.25, -0.2) is 0 Å². The van der Waals surface area contributed by atoms with Crippen molar-refractivity contribution < 1.29 is 4.74 Å². The Kier molecular flexibility index (Phi) is 8.88. The molecule has 0 fully saturated rings. The van der Waals surface area contributed by atoms with Crippen molar-refractivity contribution in [1.29, 1.82) is 0 Å². The summed E-state index contributed by atoms with van der Waals surface area (Å²) in [4.78, 5) is 5.80. The van der Waals surface area contributed by atoms with Crippen LogP contribution in [-0.2, 0) is 5.41 Å². The summed E-state index contributed by atoms with van der Waals surface area (Å²) in [5.74, 6) is 0.821. The maximum Gasteiger partial charge on any atom is 0.229 e. The molecular formula is C17H30BrNOS. The van der Waals surface area contributed by atoms with E-state index in [4.69, 9.17) is 4.74 Å².